The van der Waals surface area contributed by atoms with Gasteiger partial charge in [0.05, 0.1) is 5.52 Å². The third-order valence-electron chi connectivity index (χ3n) is 5.90. The van der Waals surface area contributed by atoms with Crippen LogP contribution in [0, 0.1) is 5.92 Å². The predicted octanol–water partition coefficient (Wildman–Crippen LogP) is 5.16. The summed E-state index contributed by atoms with van der Waals surface area (Å²) in [6.45, 7) is 0. The van der Waals surface area contributed by atoms with E-state index in [1.165, 1.54) is 6.20 Å². The fourth-order valence-corrected chi connectivity index (χ4v) is 4.11. The highest BCUT2D eigenvalue weighted by Gasteiger charge is 2.38. The fraction of sp³-hybridized carbons (Fsp3) is 0.261. The minimum absolute atomic E-state index is 0.152. The third kappa shape index (κ3) is 3.32. The Bertz CT molecular complexity index is 1310. The Hall–Kier alpha value is -3.42. The van der Waals surface area contributed by atoms with E-state index in [4.69, 9.17) is 4.74 Å². The molecule has 0 spiro atoms. The number of hydrogen-bond acceptors (Lipinski definition) is 4. The molecule has 31 heavy (non-hydrogen) atoms. The number of nitrogens with zero attached hydrogens (tertiary/aromatic N) is 3. The molecule has 1 aromatic carbocycles. The van der Waals surface area contributed by atoms with Gasteiger partial charge >= 0.3 is 6.18 Å². The van der Waals surface area contributed by atoms with Crippen molar-refractivity contribution in [1.29, 1.82) is 0 Å². The lowest BCUT2D eigenvalue weighted by atomic mass is 9.83. The number of aryl methyl sites for hydroxylation is 1. The first-order valence-electron chi connectivity index (χ1n) is 9.87. The van der Waals surface area contributed by atoms with Crippen molar-refractivity contribution in [3.8, 4) is 17.0 Å². The summed E-state index contributed by atoms with van der Waals surface area (Å²) in [6, 6.07) is 8.50. The normalized spacial score (nSPS) is 18.8. The Balaban J connectivity index is 1.55. The largest absolute Gasteiger partial charge is 0.474 e. The number of fused-ring (bicyclic) bond motifs is 3. The molecule has 158 valence electrons. The summed E-state index contributed by atoms with van der Waals surface area (Å²) in [5, 5.41) is 1.96. The lowest BCUT2D eigenvalue weighted by Gasteiger charge is -2.32. The van der Waals surface area contributed by atoms with Gasteiger partial charge in [-0.25, -0.2) is 4.98 Å². The summed E-state index contributed by atoms with van der Waals surface area (Å²) in [4.78, 5) is 18.9. The van der Waals surface area contributed by atoms with Gasteiger partial charge < -0.3 is 14.1 Å². The highest BCUT2D eigenvalue weighted by molar-refractivity contribution is 6.08. The maximum atomic E-state index is 13.7. The van der Waals surface area contributed by atoms with Crippen LogP contribution in [-0.4, -0.2) is 26.9 Å². The molecule has 1 aliphatic rings. The summed E-state index contributed by atoms with van der Waals surface area (Å²) in [6.07, 6.45) is 1.49. The van der Waals surface area contributed by atoms with Crippen molar-refractivity contribution in [1.82, 2.24) is 14.5 Å². The van der Waals surface area contributed by atoms with Crippen molar-refractivity contribution in [2.45, 2.75) is 25.1 Å². The molecular formula is C23H18F3N3O2. The van der Waals surface area contributed by atoms with Crippen LogP contribution in [0.1, 0.15) is 18.4 Å². The molecule has 0 bridgehead atoms. The second kappa shape index (κ2) is 7.08. The van der Waals surface area contributed by atoms with Crippen LogP contribution in [-0.2, 0) is 18.0 Å². The van der Waals surface area contributed by atoms with Gasteiger partial charge in [-0.3, -0.25) is 4.98 Å². The van der Waals surface area contributed by atoms with Gasteiger partial charge in [0.2, 0.25) is 5.88 Å². The maximum absolute atomic E-state index is 13.7. The van der Waals surface area contributed by atoms with Crippen molar-refractivity contribution in [3.05, 3.63) is 54.5 Å². The number of benzene rings is 1. The number of alkyl halides is 3. The summed E-state index contributed by atoms with van der Waals surface area (Å²) in [5.74, 6) is -0.594. The lowest BCUT2D eigenvalue weighted by Crippen LogP contribution is -2.35. The number of carbonyl (C=O) groups excluding carboxylic acids is 1. The van der Waals surface area contributed by atoms with E-state index in [9.17, 15) is 18.0 Å². The number of pyridine rings is 2. The SMILES string of the molecule is Cn1c2ccncc2c2ccc(-c3cnc(O[C@H]4C[C@H](C=O)C4)c(C(F)(F)F)c3)cc21. The summed E-state index contributed by atoms with van der Waals surface area (Å²) in [5.41, 5.74) is 1.95. The van der Waals surface area contributed by atoms with E-state index in [0.717, 1.165) is 34.2 Å². The summed E-state index contributed by atoms with van der Waals surface area (Å²) in [7, 11) is 1.91. The Morgan fingerprint density at radius 3 is 2.61 bits per heavy atom. The Kier molecular flexibility index (Phi) is 4.46. The van der Waals surface area contributed by atoms with Crippen LogP contribution in [0.3, 0.4) is 0 Å². The number of aldehydes is 1. The fourth-order valence-electron chi connectivity index (χ4n) is 4.11. The van der Waals surface area contributed by atoms with Gasteiger partial charge in [0, 0.05) is 53.4 Å². The predicted molar refractivity (Wildman–Crippen MR) is 110 cm³/mol. The molecule has 0 saturated heterocycles. The van der Waals surface area contributed by atoms with E-state index >= 15 is 0 Å². The van der Waals surface area contributed by atoms with Crippen molar-refractivity contribution >= 4 is 28.1 Å². The average Bonchev–Trinajstić information content (AvgIpc) is 3.02. The van der Waals surface area contributed by atoms with Gasteiger partial charge in [-0.1, -0.05) is 12.1 Å². The molecule has 5 rings (SSSR count). The van der Waals surface area contributed by atoms with Gasteiger partial charge in [-0.05, 0) is 36.6 Å². The molecule has 0 amide bonds. The van der Waals surface area contributed by atoms with Crippen LogP contribution in [0.2, 0.25) is 0 Å². The van der Waals surface area contributed by atoms with Crippen LogP contribution in [0.5, 0.6) is 5.88 Å². The maximum Gasteiger partial charge on any atom is 0.421 e. The van der Waals surface area contributed by atoms with Gasteiger partial charge in [0.25, 0.3) is 0 Å². The molecule has 8 heteroatoms. The van der Waals surface area contributed by atoms with E-state index in [-0.39, 0.29) is 5.92 Å². The first kappa shape index (κ1) is 19.5. The topological polar surface area (TPSA) is 57.0 Å². The molecule has 4 aromatic rings. The molecule has 0 N–H and O–H groups in total. The molecule has 1 aliphatic carbocycles. The minimum atomic E-state index is -4.61. The smallest absolute Gasteiger partial charge is 0.421 e. The third-order valence-corrected chi connectivity index (χ3v) is 5.90. The van der Waals surface area contributed by atoms with E-state index in [1.54, 1.807) is 18.5 Å². The molecule has 3 heterocycles. The standard InChI is InChI=1S/C23H18F3N3O2/c1-29-20-4-5-27-11-18(20)17-3-2-14(9-21(17)29)15-8-19(23(24,25)26)22(28-10-15)31-16-6-13(7-16)12-30/h2-5,8-13,16H,6-7H2,1H3/t13-,16-. The number of rotatable bonds is 4. The zero-order valence-corrected chi connectivity index (χ0v) is 16.6. The zero-order valence-electron chi connectivity index (χ0n) is 16.6. The van der Waals surface area contributed by atoms with Crippen LogP contribution in [0.4, 0.5) is 13.2 Å². The van der Waals surface area contributed by atoms with E-state index in [1.807, 2.05) is 29.8 Å². The molecule has 5 nitrogen and oxygen atoms in total. The number of aromatic nitrogens is 3. The Morgan fingerprint density at radius 1 is 1.06 bits per heavy atom. The first-order chi connectivity index (χ1) is 14.8. The van der Waals surface area contributed by atoms with Gasteiger partial charge in [0.15, 0.2) is 0 Å². The molecule has 0 aliphatic heterocycles. The van der Waals surface area contributed by atoms with Gasteiger partial charge in [-0.15, -0.1) is 0 Å². The number of carbonyl (C=O) groups is 1. The van der Waals surface area contributed by atoms with Crippen LogP contribution < -0.4 is 4.74 Å². The Labute approximate surface area is 175 Å². The van der Waals surface area contributed by atoms with Gasteiger partial charge in [-0.2, -0.15) is 13.2 Å². The van der Waals surface area contributed by atoms with Gasteiger partial charge in [0.1, 0.15) is 18.0 Å². The average molecular weight is 425 g/mol. The monoisotopic (exact) mass is 425 g/mol. The van der Waals surface area contributed by atoms with Crippen molar-refractivity contribution < 1.29 is 22.7 Å². The Morgan fingerprint density at radius 2 is 1.87 bits per heavy atom. The number of hydrogen-bond donors (Lipinski definition) is 0. The van der Waals surface area contributed by atoms with Crippen molar-refractivity contribution in [2.75, 3.05) is 0 Å². The quantitative estimate of drug-likeness (QED) is 0.424. The zero-order chi connectivity index (χ0) is 21.8. The second-order valence-corrected chi connectivity index (χ2v) is 7.87. The van der Waals surface area contributed by atoms with Crippen LogP contribution in [0.25, 0.3) is 32.9 Å². The number of halogens is 3. The van der Waals surface area contributed by atoms with E-state index in [2.05, 4.69) is 9.97 Å². The molecule has 0 radical (unpaired) electrons. The van der Waals surface area contributed by atoms with Crippen LogP contribution >= 0.6 is 0 Å². The molecule has 1 saturated carbocycles. The minimum Gasteiger partial charge on any atom is -0.474 e. The van der Waals surface area contributed by atoms with Crippen molar-refractivity contribution in [3.63, 3.8) is 0 Å². The highest BCUT2D eigenvalue weighted by atomic mass is 19.4. The van der Waals surface area contributed by atoms with Crippen molar-refractivity contribution in [2.24, 2.45) is 13.0 Å². The molecule has 0 atom stereocenters. The molecule has 1 fully saturated rings. The van der Waals surface area contributed by atoms with E-state index < -0.39 is 23.7 Å². The molecule has 3 aromatic heterocycles. The molecule has 0 unspecified atom stereocenters. The first-order valence-corrected chi connectivity index (χ1v) is 9.87. The van der Waals surface area contributed by atoms with E-state index in [0.29, 0.717) is 24.0 Å². The molecular weight excluding hydrogens is 407 g/mol. The summed E-state index contributed by atoms with van der Waals surface area (Å²) < 4.78 is 48.6. The second-order valence-electron chi connectivity index (χ2n) is 7.87. The highest BCUT2D eigenvalue weighted by Crippen LogP contribution is 2.40. The van der Waals surface area contributed by atoms with Crippen LogP contribution in [0.15, 0.2) is 48.9 Å². The summed E-state index contributed by atoms with van der Waals surface area (Å²) >= 11 is 0. The number of ether oxygens (including phenoxy) is 1. The lowest BCUT2D eigenvalue weighted by molar-refractivity contribution is -0.140.